The van der Waals surface area contributed by atoms with Crippen molar-refractivity contribution >= 4 is 0 Å². The maximum absolute atomic E-state index is 10.3. The van der Waals surface area contributed by atoms with Gasteiger partial charge in [0.25, 0.3) is 0 Å². The third kappa shape index (κ3) is 2.93. The zero-order valence-corrected chi connectivity index (χ0v) is 14.4. The van der Waals surface area contributed by atoms with Crippen molar-refractivity contribution in [1.29, 1.82) is 0 Å². The fraction of sp³-hybridized carbons (Fsp3) is 0.429. The van der Waals surface area contributed by atoms with Crippen LogP contribution < -0.4 is 0 Å². The second-order valence-electron chi connectivity index (χ2n) is 7.39. The van der Waals surface area contributed by atoms with E-state index in [2.05, 4.69) is 24.3 Å². The van der Waals surface area contributed by atoms with Crippen LogP contribution in [0.1, 0.15) is 62.2 Å². The van der Waals surface area contributed by atoms with Crippen LogP contribution in [-0.4, -0.2) is 10.2 Å². The Labute approximate surface area is 138 Å². The minimum atomic E-state index is -0.415. The minimum Gasteiger partial charge on any atom is -0.388 e. The molecular formula is C21H26O2. The number of hydrogen-bond acceptors (Lipinski definition) is 2. The summed E-state index contributed by atoms with van der Waals surface area (Å²) < 4.78 is 0. The molecule has 23 heavy (non-hydrogen) atoms. The molecule has 0 aliphatic heterocycles. The van der Waals surface area contributed by atoms with E-state index in [1.165, 1.54) is 22.3 Å². The highest BCUT2D eigenvalue weighted by molar-refractivity contribution is 5.77. The normalized spacial score (nSPS) is 15.7. The summed E-state index contributed by atoms with van der Waals surface area (Å²) in [5.74, 6) is 0.425. The van der Waals surface area contributed by atoms with Gasteiger partial charge in [-0.05, 0) is 51.6 Å². The van der Waals surface area contributed by atoms with Gasteiger partial charge in [-0.25, -0.2) is 0 Å². The van der Waals surface area contributed by atoms with Crippen LogP contribution in [-0.2, 0) is 6.42 Å². The summed E-state index contributed by atoms with van der Waals surface area (Å²) in [7, 11) is 0. The molecule has 0 spiro atoms. The van der Waals surface area contributed by atoms with Crippen molar-refractivity contribution in [2.24, 2.45) is 11.8 Å². The summed E-state index contributed by atoms with van der Waals surface area (Å²) in [6.07, 6.45) is 0.0480. The fourth-order valence-corrected chi connectivity index (χ4v) is 3.39. The molecule has 0 saturated carbocycles. The van der Waals surface area contributed by atoms with Gasteiger partial charge in [-0.3, -0.25) is 0 Å². The molecular weight excluding hydrogens is 284 g/mol. The first-order chi connectivity index (χ1) is 10.9. The predicted octanol–water partition coefficient (Wildman–Crippen LogP) is 4.64. The minimum absolute atomic E-state index is 0.213. The van der Waals surface area contributed by atoms with E-state index in [1.807, 2.05) is 39.8 Å². The smallest absolute Gasteiger partial charge is 0.0813 e. The maximum atomic E-state index is 10.3. The lowest BCUT2D eigenvalue weighted by atomic mass is 9.94. The van der Waals surface area contributed by atoms with Gasteiger partial charge in [-0.1, -0.05) is 64.1 Å². The van der Waals surface area contributed by atoms with Gasteiger partial charge in [0, 0.05) is 0 Å². The van der Waals surface area contributed by atoms with Crippen molar-refractivity contribution in [3.8, 4) is 11.1 Å². The molecule has 2 N–H and O–H groups in total. The van der Waals surface area contributed by atoms with Gasteiger partial charge in [-0.15, -0.1) is 0 Å². The van der Waals surface area contributed by atoms with Crippen LogP contribution in [0.4, 0.5) is 0 Å². The van der Waals surface area contributed by atoms with Gasteiger partial charge in [0.1, 0.15) is 0 Å². The topological polar surface area (TPSA) is 40.5 Å². The molecule has 0 fully saturated rings. The van der Waals surface area contributed by atoms with E-state index in [0.717, 1.165) is 17.5 Å². The SMILES string of the molecule is CC(C)C(O)c1ccc2c(c1)Cc1cc(C(O)C(C)C)ccc1-2. The Morgan fingerprint density at radius 1 is 0.696 bits per heavy atom. The molecule has 2 aromatic carbocycles. The second kappa shape index (κ2) is 6.10. The first-order valence-corrected chi connectivity index (χ1v) is 8.50. The molecule has 2 aromatic rings. The maximum Gasteiger partial charge on any atom is 0.0813 e. The summed E-state index contributed by atoms with van der Waals surface area (Å²) >= 11 is 0. The highest BCUT2D eigenvalue weighted by atomic mass is 16.3. The lowest BCUT2D eigenvalue weighted by molar-refractivity contribution is 0.127. The molecule has 0 amide bonds. The van der Waals surface area contributed by atoms with Crippen molar-refractivity contribution in [3.05, 3.63) is 58.7 Å². The quantitative estimate of drug-likeness (QED) is 0.737. The molecule has 122 valence electrons. The van der Waals surface area contributed by atoms with E-state index in [-0.39, 0.29) is 11.8 Å². The summed E-state index contributed by atoms with van der Waals surface area (Å²) in [6.45, 7) is 8.14. The molecule has 2 unspecified atom stereocenters. The predicted molar refractivity (Wildman–Crippen MR) is 94.3 cm³/mol. The number of aliphatic hydroxyl groups is 2. The number of benzene rings is 2. The summed E-state index contributed by atoms with van der Waals surface area (Å²) in [5, 5.41) is 20.6. The fourth-order valence-electron chi connectivity index (χ4n) is 3.39. The van der Waals surface area contributed by atoms with Crippen LogP contribution in [0.3, 0.4) is 0 Å². The van der Waals surface area contributed by atoms with Crippen LogP contribution >= 0.6 is 0 Å². The standard InChI is InChI=1S/C21H26O2/c1-12(2)20(22)14-5-7-18-16(9-14)11-17-10-15(6-8-19(17)18)21(23)13(3)4/h5-10,12-13,20-23H,11H2,1-4H3. The molecule has 2 atom stereocenters. The zero-order valence-electron chi connectivity index (χ0n) is 14.4. The molecule has 0 bridgehead atoms. The highest BCUT2D eigenvalue weighted by Gasteiger charge is 2.22. The summed E-state index contributed by atoms with van der Waals surface area (Å²) in [6, 6.07) is 12.6. The monoisotopic (exact) mass is 310 g/mol. The third-order valence-corrected chi connectivity index (χ3v) is 4.88. The van der Waals surface area contributed by atoms with Gasteiger partial charge < -0.3 is 10.2 Å². The Hall–Kier alpha value is -1.64. The Morgan fingerprint density at radius 3 is 1.43 bits per heavy atom. The summed E-state index contributed by atoms with van der Waals surface area (Å²) in [5.41, 5.74) is 7.04. The number of aliphatic hydroxyl groups excluding tert-OH is 2. The van der Waals surface area contributed by atoms with Gasteiger partial charge >= 0.3 is 0 Å². The average Bonchev–Trinajstić information content (AvgIpc) is 2.89. The highest BCUT2D eigenvalue weighted by Crippen LogP contribution is 2.40. The van der Waals surface area contributed by atoms with Crippen LogP contribution in [0.5, 0.6) is 0 Å². The summed E-state index contributed by atoms with van der Waals surface area (Å²) in [4.78, 5) is 0. The van der Waals surface area contributed by atoms with Gasteiger partial charge in [0.05, 0.1) is 12.2 Å². The lowest BCUT2D eigenvalue weighted by Crippen LogP contribution is -2.05. The van der Waals surface area contributed by atoms with Crippen LogP contribution in [0.25, 0.3) is 11.1 Å². The van der Waals surface area contributed by atoms with E-state index in [9.17, 15) is 10.2 Å². The first-order valence-electron chi connectivity index (χ1n) is 8.50. The third-order valence-electron chi connectivity index (χ3n) is 4.88. The molecule has 0 heterocycles. The van der Waals surface area contributed by atoms with E-state index < -0.39 is 12.2 Å². The Morgan fingerprint density at radius 2 is 1.09 bits per heavy atom. The number of fused-ring (bicyclic) bond motifs is 3. The molecule has 0 radical (unpaired) electrons. The second-order valence-corrected chi connectivity index (χ2v) is 7.39. The molecule has 2 nitrogen and oxygen atoms in total. The zero-order chi connectivity index (χ0) is 16.7. The average molecular weight is 310 g/mol. The van der Waals surface area contributed by atoms with Crippen LogP contribution in [0.2, 0.25) is 0 Å². The van der Waals surface area contributed by atoms with Crippen LogP contribution in [0.15, 0.2) is 36.4 Å². The molecule has 3 rings (SSSR count). The van der Waals surface area contributed by atoms with Gasteiger partial charge in [0.15, 0.2) is 0 Å². The van der Waals surface area contributed by atoms with Crippen molar-refractivity contribution < 1.29 is 10.2 Å². The van der Waals surface area contributed by atoms with E-state index in [4.69, 9.17) is 0 Å². The van der Waals surface area contributed by atoms with Crippen molar-refractivity contribution in [1.82, 2.24) is 0 Å². The Bertz CT molecular complexity index is 654. The van der Waals surface area contributed by atoms with Gasteiger partial charge in [0.2, 0.25) is 0 Å². The molecule has 1 aliphatic carbocycles. The molecule has 1 aliphatic rings. The van der Waals surface area contributed by atoms with E-state index in [1.54, 1.807) is 0 Å². The number of hydrogen-bond donors (Lipinski definition) is 2. The molecule has 2 heteroatoms. The first kappa shape index (κ1) is 16.2. The van der Waals surface area contributed by atoms with Crippen molar-refractivity contribution in [2.75, 3.05) is 0 Å². The van der Waals surface area contributed by atoms with Gasteiger partial charge in [-0.2, -0.15) is 0 Å². The molecule has 0 saturated heterocycles. The largest absolute Gasteiger partial charge is 0.388 e. The van der Waals surface area contributed by atoms with Crippen molar-refractivity contribution in [3.63, 3.8) is 0 Å². The Kier molecular flexibility index (Phi) is 4.31. The van der Waals surface area contributed by atoms with E-state index >= 15 is 0 Å². The Balaban J connectivity index is 1.94. The van der Waals surface area contributed by atoms with Crippen molar-refractivity contribution in [2.45, 2.75) is 46.3 Å². The lowest BCUT2D eigenvalue weighted by Gasteiger charge is -2.16. The van der Waals surface area contributed by atoms with Crippen LogP contribution in [0, 0.1) is 11.8 Å². The van der Waals surface area contributed by atoms with E-state index in [0.29, 0.717) is 0 Å². The number of rotatable bonds is 4. The molecule has 0 aromatic heterocycles.